The molecule has 0 aromatic heterocycles. The van der Waals surface area contributed by atoms with Gasteiger partial charge >= 0.3 is 0 Å². The number of unbranched alkanes of at least 4 members (excludes halogenated alkanes) is 3. The molecule has 0 atom stereocenters. The molecule has 2 amide bonds. The number of azo groups is 1. The summed E-state index contributed by atoms with van der Waals surface area (Å²) >= 11 is 0. The van der Waals surface area contributed by atoms with Gasteiger partial charge in [-0.15, -0.1) is 0 Å². The van der Waals surface area contributed by atoms with Gasteiger partial charge < -0.3 is 5.32 Å². The van der Waals surface area contributed by atoms with E-state index in [0.717, 1.165) is 31.4 Å². The number of amides is 2. The van der Waals surface area contributed by atoms with Crippen molar-refractivity contribution in [1.82, 2.24) is 10.8 Å². The molecular formula is C20H24N4O3. The molecule has 3 N–H and O–H groups in total. The lowest BCUT2D eigenvalue weighted by molar-refractivity contribution is -0.129. The standard InChI is InChI=1S/C20H24N4O3/c25-19(24-27)10-6-1-2-7-15-21-20(26)16-11-13-18(14-12-16)23-22-17-8-4-3-5-9-17/h3-5,8-9,11-14,27H,1-2,6-7,10,15H2,(H,21,26)(H,24,25)/b23-22+. The topological polar surface area (TPSA) is 103 Å². The van der Waals surface area contributed by atoms with Crippen LogP contribution in [0.3, 0.4) is 0 Å². The van der Waals surface area contributed by atoms with Crippen molar-refractivity contribution >= 4 is 23.2 Å². The van der Waals surface area contributed by atoms with Crippen molar-refractivity contribution < 1.29 is 14.8 Å². The molecule has 0 aliphatic heterocycles. The maximum Gasteiger partial charge on any atom is 0.251 e. The first kappa shape index (κ1) is 20.3. The second-order valence-corrected chi connectivity index (χ2v) is 6.04. The lowest BCUT2D eigenvalue weighted by Gasteiger charge is -2.05. The molecule has 2 aromatic carbocycles. The van der Waals surface area contributed by atoms with Crippen LogP contribution in [-0.4, -0.2) is 23.6 Å². The molecule has 0 aliphatic rings. The number of hydrogen-bond donors (Lipinski definition) is 3. The van der Waals surface area contributed by atoms with E-state index in [0.29, 0.717) is 24.2 Å². The van der Waals surface area contributed by atoms with E-state index in [2.05, 4.69) is 15.5 Å². The lowest BCUT2D eigenvalue weighted by Crippen LogP contribution is -2.24. The number of nitrogens with zero attached hydrogens (tertiary/aromatic N) is 2. The minimum atomic E-state index is -0.366. The highest BCUT2D eigenvalue weighted by molar-refractivity contribution is 5.94. The third-order valence-electron chi connectivity index (χ3n) is 3.91. The molecule has 0 unspecified atom stereocenters. The van der Waals surface area contributed by atoms with Crippen LogP contribution < -0.4 is 10.8 Å². The SMILES string of the molecule is O=C(CCCCCCNC(=O)c1ccc(/N=N/c2ccccc2)cc1)NO. The summed E-state index contributed by atoms with van der Waals surface area (Å²) < 4.78 is 0. The Morgan fingerprint density at radius 1 is 0.815 bits per heavy atom. The van der Waals surface area contributed by atoms with Crippen molar-refractivity contribution in [1.29, 1.82) is 0 Å². The molecule has 2 aromatic rings. The zero-order valence-corrected chi connectivity index (χ0v) is 15.1. The van der Waals surface area contributed by atoms with E-state index in [1.54, 1.807) is 29.7 Å². The van der Waals surface area contributed by atoms with Gasteiger partial charge in [0.1, 0.15) is 0 Å². The van der Waals surface area contributed by atoms with E-state index in [1.807, 2.05) is 30.3 Å². The van der Waals surface area contributed by atoms with Crippen molar-refractivity contribution in [2.75, 3.05) is 6.54 Å². The molecule has 0 saturated heterocycles. The van der Waals surface area contributed by atoms with Crippen LogP contribution in [-0.2, 0) is 4.79 Å². The summed E-state index contributed by atoms with van der Waals surface area (Å²) in [6, 6.07) is 16.4. The fourth-order valence-corrected chi connectivity index (χ4v) is 2.41. The molecule has 7 nitrogen and oxygen atoms in total. The Morgan fingerprint density at radius 2 is 1.44 bits per heavy atom. The molecule has 0 spiro atoms. The number of rotatable bonds is 10. The van der Waals surface area contributed by atoms with E-state index in [-0.39, 0.29) is 11.8 Å². The van der Waals surface area contributed by atoms with Crippen LogP contribution >= 0.6 is 0 Å². The largest absolute Gasteiger partial charge is 0.352 e. The van der Waals surface area contributed by atoms with E-state index in [9.17, 15) is 9.59 Å². The summed E-state index contributed by atoms with van der Waals surface area (Å²) in [6.07, 6.45) is 3.67. The zero-order valence-electron chi connectivity index (χ0n) is 15.1. The molecule has 0 bridgehead atoms. The van der Waals surface area contributed by atoms with E-state index in [4.69, 9.17) is 5.21 Å². The first-order chi connectivity index (χ1) is 13.2. The highest BCUT2D eigenvalue weighted by Gasteiger charge is 2.04. The van der Waals surface area contributed by atoms with Crippen LogP contribution in [0.1, 0.15) is 42.5 Å². The minimum Gasteiger partial charge on any atom is -0.352 e. The van der Waals surface area contributed by atoms with Crippen molar-refractivity contribution in [3.05, 3.63) is 60.2 Å². The maximum atomic E-state index is 12.1. The number of carbonyl (C=O) groups is 2. The molecule has 0 heterocycles. The number of hydrogen-bond acceptors (Lipinski definition) is 5. The lowest BCUT2D eigenvalue weighted by atomic mass is 10.1. The third-order valence-corrected chi connectivity index (χ3v) is 3.91. The molecule has 7 heteroatoms. The summed E-state index contributed by atoms with van der Waals surface area (Å²) in [5.41, 5.74) is 3.65. The Kier molecular flexibility index (Phi) is 8.65. The Morgan fingerprint density at radius 3 is 2.11 bits per heavy atom. The summed E-state index contributed by atoms with van der Waals surface area (Å²) in [7, 11) is 0. The second-order valence-electron chi connectivity index (χ2n) is 6.04. The summed E-state index contributed by atoms with van der Waals surface area (Å²) in [6.45, 7) is 0.584. The predicted octanol–water partition coefficient (Wildman–Crippen LogP) is 4.29. The molecule has 0 fully saturated rings. The van der Waals surface area contributed by atoms with Crippen LogP contribution in [0.2, 0.25) is 0 Å². The van der Waals surface area contributed by atoms with E-state index in [1.165, 1.54) is 0 Å². The number of benzene rings is 2. The monoisotopic (exact) mass is 368 g/mol. The molecule has 142 valence electrons. The molecular weight excluding hydrogens is 344 g/mol. The highest BCUT2D eigenvalue weighted by Crippen LogP contribution is 2.18. The fourth-order valence-electron chi connectivity index (χ4n) is 2.41. The van der Waals surface area contributed by atoms with Gasteiger partial charge in [0, 0.05) is 18.5 Å². The van der Waals surface area contributed by atoms with Crippen LogP contribution in [0.4, 0.5) is 11.4 Å². The number of nitrogens with one attached hydrogen (secondary N) is 2. The normalized spacial score (nSPS) is 10.7. The van der Waals surface area contributed by atoms with Gasteiger partial charge in [-0.2, -0.15) is 10.2 Å². The predicted molar refractivity (Wildman–Crippen MR) is 102 cm³/mol. The second kappa shape index (κ2) is 11.5. The van der Waals surface area contributed by atoms with Crippen LogP contribution in [0.15, 0.2) is 64.8 Å². The van der Waals surface area contributed by atoms with Crippen molar-refractivity contribution in [3.63, 3.8) is 0 Å². The van der Waals surface area contributed by atoms with Gasteiger partial charge in [-0.3, -0.25) is 14.8 Å². The Balaban J connectivity index is 1.68. The molecule has 0 aliphatic carbocycles. The zero-order chi connectivity index (χ0) is 19.3. The first-order valence-corrected chi connectivity index (χ1v) is 8.97. The average molecular weight is 368 g/mol. The van der Waals surface area contributed by atoms with Crippen LogP contribution in [0.5, 0.6) is 0 Å². The van der Waals surface area contributed by atoms with Gasteiger partial charge in [-0.1, -0.05) is 31.0 Å². The molecule has 0 saturated carbocycles. The summed E-state index contributed by atoms with van der Waals surface area (Å²) in [5, 5.41) is 19.5. The van der Waals surface area contributed by atoms with Crippen LogP contribution in [0, 0.1) is 0 Å². The minimum absolute atomic E-state index is 0.124. The average Bonchev–Trinajstić information content (AvgIpc) is 2.72. The summed E-state index contributed by atoms with van der Waals surface area (Å²) in [4.78, 5) is 23.0. The van der Waals surface area contributed by atoms with Gasteiger partial charge in [0.25, 0.3) is 5.91 Å². The van der Waals surface area contributed by atoms with E-state index < -0.39 is 0 Å². The molecule has 27 heavy (non-hydrogen) atoms. The van der Waals surface area contributed by atoms with Crippen molar-refractivity contribution in [2.45, 2.75) is 32.1 Å². The first-order valence-electron chi connectivity index (χ1n) is 8.97. The number of carbonyl (C=O) groups excluding carboxylic acids is 2. The number of hydroxylamine groups is 1. The highest BCUT2D eigenvalue weighted by atomic mass is 16.5. The van der Waals surface area contributed by atoms with Gasteiger partial charge in [0.15, 0.2) is 0 Å². The van der Waals surface area contributed by atoms with Gasteiger partial charge in [-0.05, 0) is 49.2 Å². The van der Waals surface area contributed by atoms with Crippen molar-refractivity contribution in [2.24, 2.45) is 10.2 Å². The van der Waals surface area contributed by atoms with Crippen LogP contribution in [0.25, 0.3) is 0 Å². The smallest absolute Gasteiger partial charge is 0.251 e. The Bertz CT molecular complexity index is 746. The Hall–Kier alpha value is -3.06. The van der Waals surface area contributed by atoms with Gasteiger partial charge in [0.05, 0.1) is 11.4 Å². The van der Waals surface area contributed by atoms with Gasteiger partial charge in [-0.25, -0.2) is 5.48 Å². The Labute approximate surface area is 158 Å². The summed E-state index contributed by atoms with van der Waals surface area (Å²) in [5.74, 6) is -0.490. The van der Waals surface area contributed by atoms with Gasteiger partial charge in [0.2, 0.25) is 5.91 Å². The molecule has 2 rings (SSSR count). The maximum absolute atomic E-state index is 12.1. The molecule has 0 radical (unpaired) electrons. The quantitative estimate of drug-likeness (QED) is 0.252. The third kappa shape index (κ3) is 7.79. The van der Waals surface area contributed by atoms with E-state index >= 15 is 0 Å². The fraction of sp³-hybridized carbons (Fsp3) is 0.300. The van der Waals surface area contributed by atoms with Crippen molar-refractivity contribution in [3.8, 4) is 0 Å².